The molecule has 0 aliphatic heterocycles. The predicted molar refractivity (Wildman–Crippen MR) is 69.8 cm³/mol. The number of hydrogen-bond donors (Lipinski definition) is 2. The molecule has 0 amide bonds. The minimum absolute atomic E-state index is 0.112. The van der Waals surface area contributed by atoms with Gasteiger partial charge in [0.15, 0.2) is 0 Å². The topological polar surface area (TPSA) is 67.3 Å². The van der Waals surface area contributed by atoms with Crippen LogP contribution in [0, 0.1) is 12.8 Å². The first-order valence-electron chi connectivity index (χ1n) is 6.57. The number of ether oxygens (including phenoxy) is 1. The lowest BCUT2D eigenvalue weighted by molar-refractivity contribution is 0.0486. The summed E-state index contributed by atoms with van der Waals surface area (Å²) in [6.45, 7) is 5.48. The SMILES string of the molecule is CCCOc1cc(C)nc(NCC2CC(O)C2)n1. The van der Waals surface area contributed by atoms with Crippen LogP contribution in [-0.4, -0.2) is 34.3 Å². The number of anilines is 1. The summed E-state index contributed by atoms with van der Waals surface area (Å²) in [5.74, 6) is 1.77. The van der Waals surface area contributed by atoms with Gasteiger partial charge in [-0.25, -0.2) is 4.98 Å². The summed E-state index contributed by atoms with van der Waals surface area (Å²) in [4.78, 5) is 8.64. The zero-order valence-electron chi connectivity index (χ0n) is 11.0. The molecule has 0 radical (unpaired) electrons. The molecular formula is C13H21N3O2. The highest BCUT2D eigenvalue weighted by Crippen LogP contribution is 2.27. The fourth-order valence-corrected chi connectivity index (χ4v) is 2.00. The smallest absolute Gasteiger partial charge is 0.226 e. The van der Waals surface area contributed by atoms with E-state index in [9.17, 15) is 5.11 Å². The second-order valence-corrected chi connectivity index (χ2v) is 4.89. The monoisotopic (exact) mass is 251 g/mol. The van der Waals surface area contributed by atoms with Crippen molar-refractivity contribution in [2.24, 2.45) is 5.92 Å². The molecule has 1 aromatic rings. The highest BCUT2D eigenvalue weighted by Gasteiger charge is 2.26. The van der Waals surface area contributed by atoms with E-state index < -0.39 is 0 Å². The summed E-state index contributed by atoms with van der Waals surface area (Å²) < 4.78 is 5.51. The second-order valence-electron chi connectivity index (χ2n) is 4.89. The van der Waals surface area contributed by atoms with E-state index >= 15 is 0 Å². The van der Waals surface area contributed by atoms with E-state index in [-0.39, 0.29) is 6.10 Å². The molecule has 1 fully saturated rings. The highest BCUT2D eigenvalue weighted by atomic mass is 16.5. The Kier molecular flexibility index (Phi) is 4.36. The fraction of sp³-hybridized carbons (Fsp3) is 0.692. The molecule has 1 aliphatic rings. The minimum Gasteiger partial charge on any atom is -0.478 e. The average Bonchev–Trinajstić information content (AvgIpc) is 2.30. The number of aryl methyl sites for hydroxylation is 1. The number of rotatable bonds is 6. The van der Waals surface area contributed by atoms with E-state index in [0.717, 1.165) is 31.5 Å². The first kappa shape index (κ1) is 13.1. The van der Waals surface area contributed by atoms with Gasteiger partial charge in [0.1, 0.15) is 0 Å². The van der Waals surface area contributed by atoms with E-state index in [1.54, 1.807) is 0 Å². The average molecular weight is 251 g/mol. The van der Waals surface area contributed by atoms with Gasteiger partial charge in [-0.2, -0.15) is 4.98 Å². The Labute approximate surface area is 108 Å². The van der Waals surface area contributed by atoms with Crippen LogP contribution in [0.2, 0.25) is 0 Å². The van der Waals surface area contributed by atoms with Crippen molar-refractivity contribution < 1.29 is 9.84 Å². The Morgan fingerprint density at radius 1 is 1.44 bits per heavy atom. The number of aliphatic hydroxyl groups is 1. The summed E-state index contributed by atoms with van der Waals surface area (Å²) in [6.07, 6.45) is 2.60. The molecular weight excluding hydrogens is 230 g/mol. The van der Waals surface area contributed by atoms with Crippen LogP contribution in [0.25, 0.3) is 0 Å². The Morgan fingerprint density at radius 2 is 2.22 bits per heavy atom. The van der Waals surface area contributed by atoms with E-state index in [2.05, 4.69) is 22.2 Å². The molecule has 2 N–H and O–H groups in total. The van der Waals surface area contributed by atoms with E-state index in [1.165, 1.54) is 0 Å². The molecule has 100 valence electrons. The highest BCUT2D eigenvalue weighted by molar-refractivity contribution is 5.30. The maximum Gasteiger partial charge on any atom is 0.226 e. The molecule has 0 unspecified atom stereocenters. The number of hydrogen-bond acceptors (Lipinski definition) is 5. The number of nitrogens with zero attached hydrogens (tertiary/aromatic N) is 2. The van der Waals surface area contributed by atoms with Gasteiger partial charge < -0.3 is 15.2 Å². The molecule has 1 heterocycles. The van der Waals surface area contributed by atoms with Crippen molar-refractivity contribution in [2.45, 2.75) is 39.2 Å². The normalized spacial score (nSPS) is 22.4. The van der Waals surface area contributed by atoms with Crippen molar-refractivity contribution in [3.8, 4) is 5.88 Å². The molecule has 1 aromatic heterocycles. The summed E-state index contributed by atoms with van der Waals surface area (Å²) in [6, 6.07) is 1.84. The van der Waals surface area contributed by atoms with Gasteiger partial charge in [-0.3, -0.25) is 0 Å². The van der Waals surface area contributed by atoms with Crippen molar-refractivity contribution in [1.29, 1.82) is 0 Å². The Morgan fingerprint density at radius 3 is 2.89 bits per heavy atom. The summed E-state index contributed by atoms with van der Waals surface area (Å²) in [5.41, 5.74) is 0.896. The Bertz CT molecular complexity index is 392. The van der Waals surface area contributed by atoms with Gasteiger partial charge in [-0.05, 0) is 32.1 Å². The lowest BCUT2D eigenvalue weighted by Gasteiger charge is -2.31. The van der Waals surface area contributed by atoms with Crippen molar-refractivity contribution in [3.63, 3.8) is 0 Å². The van der Waals surface area contributed by atoms with Crippen LogP contribution in [0.5, 0.6) is 5.88 Å². The van der Waals surface area contributed by atoms with Crippen LogP contribution >= 0.6 is 0 Å². The zero-order chi connectivity index (χ0) is 13.0. The van der Waals surface area contributed by atoms with Gasteiger partial charge in [-0.15, -0.1) is 0 Å². The zero-order valence-corrected chi connectivity index (χ0v) is 11.0. The molecule has 5 heteroatoms. The molecule has 0 bridgehead atoms. The third kappa shape index (κ3) is 3.57. The Hall–Kier alpha value is -1.36. The summed E-state index contributed by atoms with van der Waals surface area (Å²) in [7, 11) is 0. The van der Waals surface area contributed by atoms with Gasteiger partial charge in [0.05, 0.1) is 12.7 Å². The minimum atomic E-state index is -0.112. The van der Waals surface area contributed by atoms with Gasteiger partial charge in [-0.1, -0.05) is 6.92 Å². The maximum absolute atomic E-state index is 9.22. The standard InChI is InChI=1S/C13H21N3O2/c1-3-4-18-12-5-9(2)15-13(16-12)14-8-10-6-11(17)7-10/h5,10-11,17H,3-4,6-8H2,1-2H3,(H,14,15,16). The number of aliphatic hydroxyl groups excluding tert-OH is 1. The van der Waals surface area contributed by atoms with Gasteiger partial charge in [0.2, 0.25) is 11.8 Å². The quantitative estimate of drug-likeness (QED) is 0.806. The van der Waals surface area contributed by atoms with Gasteiger partial charge in [0, 0.05) is 18.3 Å². The van der Waals surface area contributed by atoms with Crippen LogP contribution in [0.15, 0.2) is 6.07 Å². The van der Waals surface area contributed by atoms with Crippen LogP contribution in [0.3, 0.4) is 0 Å². The molecule has 5 nitrogen and oxygen atoms in total. The third-order valence-corrected chi connectivity index (χ3v) is 3.04. The number of nitrogens with one attached hydrogen (secondary N) is 1. The van der Waals surface area contributed by atoms with Crippen LogP contribution in [0.4, 0.5) is 5.95 Å². The lowest BCUT2D eigenvalue weighted by atomic mass is 9.82. The third-order valence-electron chi connectivity index (χ3n) is 3.04. The van der Waals surface area contributed by atoms with E-state index in [4.69, 9.17) is 4.74 Å². The first-order valence-corrected chi connectivity index (χ1v) is 6.57. The molecule has 0 spiro atoms. The molecule has 0 saturated heterocycles. The van der Waals surface area contributed by atoms with E-state index in [1.807, 2.05) is 13.0 Å². The van der Waals surface area contributed by atoms with Crippen molar-refractivity contribution in [1.82, 2.24) is 9.97 Å². The molecule has 1 aliphatic carbocycles. The molecule has 0 aromatic carbocycles. The van der Waals surface area contributed by atoms with Gasteiger partial charge in [0.25, 0.3) is 0 Å². The lowest BCUT2D eigenvalue weighted by Crippen LogP contribution is -2.33. The van der Waals surface area contributed by atoms with Crippen molar-refractivity contribution in [2.75, 3.05) is 18.5 Å². The maximum atomic E-state index is 9.22. The predicted octanol–water partition coefficient (Wildman–Crippen LogP) is 1.76. The van der Waals surface area contributed by atoms with Crippen molar-refractivity contribution >= 4 is 5.95 Å². The molecule has 0 atom stereocenters. The molecule has 18 heavy (non-hydrogen) atoms. The van der Waals surface area contributed by atoms with Crippen LogP contribution < -0.4 is 10.1 Å². The van der Waals surface area contributed by atoms with Crippen molar-refractivity contribution in [3.05, 3.63) is 11.8 Å². The molecule has 1 saturated carbocycles. The summed E-state index contributed by atoms with van der Waals surface area (Å²) >= 11 is 0. The first-order chi connectivity index (χ1) is 8.67. The fourth-order valence-electron chi connectivity index (χ4n) is 2.00. The van der Waals surface area contributed by atoms with Crippen LogP contribution in [0.1, 0.15) is 31.9 Å². The van der Waals surface area contributed by atoms with E-state index in [0.29, 0.717) is 24.4 Å². The largest absolute Gasteiger partial charge is 0.478 e. The second kappa shape index (κ2) is 6.00. The number of aromatic nitrogens is 2. The van der Waals surface area contributed by atoms with Crippen LogP contribution in [-0.2, 0) is 0 Å². The Balaban J connectivity index is 1.88. The summed E-state index contributed by atoms with van der Waals surface area (Å²) in [5, 5.41) is 12.4. The molecule has 2 rings (SSSR count). The van der Waals surface area contributed by atoms with Gasteiger partial charge >= 0.3 is 0 Å².